The molecule has 0 aromatic heterocycles. The SMILES string of the molecule is O=C(COc1cccc2c1CCCC2)Nc1ccc(N2CCCC2=O)cc1. The van der Waals surface area contributed by atoms with Crippen LogP contribution in [0.2, 0.25) is 0 Å². The normalized spacial score (nSPS) is 16.1. The lowest BCUT2D eigenvalue weighted by molar-refractivity contribution is -0.118. The van der Waals surface area contributed by atoms with E-state index in [1.807, 2.05) is 36.4 Å². The van der Waals surface area contributed by atoms with Gasteiger partial charge in [-0.1, -0.05) is 12.1 Å². The molecule has 0 atom stereocenters. The maximum atomic E-state index is 12.2. The second-order valence-corrected chi connectivity index (χ2v) is 7.13. The lowest BCUT2D eigenvalue weighted by Crippen LogP contribution is -2.24. The summed E-state index contributed by atoms with van der Waals surface area (Å²) in [5.41, 5.74) is 4.17. The minimum Gasteiger partial charge on any atom is -0.483 e. The maximum Gasteiger partial charge on any atom is 0.262 e. The molecule has 2 aliphatic rings. The summed E-state index contributed by atoms with van der Waals surface area (Å²) in [5.74, 6) is 0.796. The first-order valence-corrected chi connectivity index (χ1v) is 9.64. The molecule has 2 aromatic carbocycles. The molecule has 140 valence electrons. The van der Waals surface area contributed by atoms with Gasteiger partial charge >= 0.3 is 0 Å². The molecule has 1 fully saturated rings. The Labute approximate surface area is 159 Å². The van der Waals surface area contributed by atoms with Gasteiger partial charge in [-0.05, 0) is 73.6 Å². The van der Waals surface area contributed by atoms with Gasteiger partial charge in [0.25, 0.3) is 5.91 Å². The number of carbonyl (C=O) groups excluding carboxylic acids is 2. The van der Waals surface area contributed by atoms with Crippen LogP contribution in [0.15, 0.2) is 42.5 Å². The molecule has 1 aliphatic carbocycles. The third kappa shape index (κ3) is 3.97. The number of benzene rings is 2. The van der Waals surface area contributed by atoms with Crippen LogP contribution >= 0.6 is 0 Å². The predicted molar refractivity (Wildman–Crippen MR) is 105 cm³/mol. The number of amides is 2. The Hall–Kier alpha value is -2.82. The van der Waals surface area contributed by atoms with E-state index >= 15 is 0 Å². The van der Waals surface area contributed by atoms with E-state index in [1.54, 1.807) is 4.90 Å². The van der Waals surface area contributed by atoms with Crippen LogP contribution in [0.3, 0.4) is 0 Å². The van der Waals surface area contributed by atoms with E-state index in [1.165, 1.54) is 24.0 Å². The van der Waals surface area contributed by atoms with Crippen LogP contribution in [0.5, 0.6) is 5.75 Å². The minimum absolute atomic E-state index is 0.0111. The minimum atomic E-state index is -0.187. The van der Waals surface area contributed by atoms with E-state index < -0.39 is 0 Å². The number of hydrogen-bond acceptors (Lipinski definition) is 3. The number of carbonyl (C=O) groups is 2. The number of nitrogens with one attached hydrogen (secondary N) is 1. The van der Waals surface area contributed by atoms with Crippen molar-refractivity contribution in [3.63, 3.8) is 0 Å². The quantitative estimate of drug-likeness (QED) is 0.880. The summed E-state index contributed by atoms with van der Waals surface area (Å²) in [6.07, 6.45) is 6.01. The number of aryl methyl sites for hydroxylation is 1. The number of hydrogen-bond donors (Lipinski definition) is 1. The summed E-state index contributed by atoms with van der Waals surface area (Å²) in [6.45, 7) is 0.753. The van der Waals surface area contributed by atoms with Crippen molar-refractivity contribution in [2.24, 2.45) is 0 Å². The monoisotopic (exact) mass is 364 g/mol. The fraction of sp³-hybridized carbons (Fsp3) is 0.364. The molecule has 5 nitrogen and oxygen atoms in total. The molecule has 0 radical (unpaired) electrons. The largest absolute Gasteiger partial charge is 0.483 e. The number of anilines is 2. The van der Waals surface area contributed by atoms with Gasteiger partial charge in [0.2, 0.25) is 5.91 Å². The van der Waals surface area contributed by atoms with Gasteiger partial charge in [-0.3, -0.25) is 9.59 Å². The Balaban J connectivity index is 1.34. The van der Waals surface area contributed by atoms with Crippen LogP contribution < -0.4 is 15.0 Å². The molecule has 27 heavy (non-hydrogen) atoms. The Morgan fingerprint density at radius 1 is 1.00 bits per heavy atom. The summed E-state index contributed by atoms with van der Waals surface area (Å²) < 4.78 is 5.79. The van der Waals surface area contributed by atoms with Gasteiger partial charge in [-0.25, -0.2) is 0 Å². The van der Waals surface area contributed by atoms with Crippen LogP contribution in [0.25, 0.3) is 0 Å². The summed E-state index contributed by atoms with van der Waals surface area (Å²) in [4.78, 5) is 25.8. The van der Waals surface area contributed by atoms with E-state index in [9.17, 15) is 9.59 Å². The Kier molecular flexibility index (Phi) is 5.10. The molecule has 4 rings (SSSR count). The van der Waals surface area contributed by atoms with Crippen molar-refractivity contribution >= 4 is 23.2 Å². The van der Waals surface area contributed by atoms with Crippen LogP contribution in [0.4, 0.5) is 11.4 Å². The van der Waals surface area contributed by atoms with Gasteiger partial charge in [0, 0.05) is 24.3 Å². The van der Waals surface area contributed by atoms with Crippen molar-refractivity contribution in [1.82, 2.24) is 0 Å². The standard InChI is InChI=1S/C22H24N2O3/c25-21(15-27-20-8-3-6-16-5-1-2-7-19(16)20)23-17-10-12-18(13-11-17)24-14-4-9-22(24)26/h3,6,8,10-13H,1-2,4-5,7,9,14-15H2,(H,23,25). The summed E-state index contributed by atoms with van der Waals surface area (Å²) in [5, 5.41) is 2.85. The fourth-order valence-corrected chi connectivity index (χ4v) is 3.87. The van der Waals surface area contributed by atoms with Gasteiger partial charge in [-0.2, -0.15) is 0 Å². The van der Waals surface area contributed by atoms with E-state index in [0.717, 1.165) is 37.2 Å². The van der Waals surface area contributed by atoms with Gasteiger partial charge in [0.1, 0.15) is 5.75 Å². The number of fused-ring (bicyclic) bond motifs is 1. The Morgan fingerprint density at radius 3 is 2.59 bits per heavy atom. The highest BCUT2D eigenvalue weighted by atomic mass is 16.5. The van der Waals surface area contributed by atoms with E-state index in [-0.39, 0.29) is 18.4 Å². The zero-order valence-corrected chi connectivity index (χ0v) is 15.4. The Bertz CT molecular complexity index is 845. The van der Waals surface area contributed by atoms with Crippen molar-refractivity contribution in [3.05, 3.63) is 53.6 Å². The van der Waals surface area contributed by atoms with E-state index in [4.69, 9.17) is 4.74 Å². The third-order valence-corrected chi connectivity index (χ3v) is 5.25. The molecule has 1 aliphatic heterocycles. The summed E-state index contributed by atoms with van der Waals surface area (Å²) in [6, 6.07) is 13.5. The van der Waals surface area contributed by atoms with Crippen LogP contribution in [-0.2, 0) is 22.4 Å². The second kappa shape index (κ2) is 7.82. The van der Waals surface area contributed by atoms with Gasteiger partial charge in [0.05, 0.1) is 0 Å². The van der Waals surface area contributed by atoms with E-state index in [2.05, 4.69) is 11.4 Å². The Morgan fingerprint density at radius 2 is 1.81 bits per heavy atom. The van der Waals surface area contributed by atoms with E-state index in [0.29, 0.717) is 12.1 Å². The molecule has 0 unspecified atom stereocenters. The fourth-order valence-electron chi connectivity index (χ4n) is 3.87. The molecule has 0 saturated carbocycles. The third-order valence-electron chi connectivity index (χ3n) is 5.25. The van der Waals surface area contributed by atoms with Crippen molar-refractivity contribution < 1.29 is 14.3 Å². The van der Waals surface area contributed by atoms with Crippen molar-refractivity contribution in [2.75, 3.05) is 23.4 Å². The zero-order chi connectivity index (χ0) is 18.6. The molecule has 0 spiro atoms. The average molecular weight is 364 g/mol. The summed E-state index contributed by atoms with van der Waals surface area (Å²) >= 11 is 0. The zero-order valence-electron chi connectivity index (χ0n) is 15.4. The van der Waals surface area contributed by atoms with Crippen molar-refractivity contribution in [2.45, 2.75) is 38.5 Å². The molecule has 5 heteroatoms. The summed E-state index contributed by atoms with van der Waals surface area (Å²) in [7, 11) is 0. The molecule has 1 saturated heterocycles. The molecule has 2 amide bonds. The lowest BCUT2D eigenvalue weighted by Gasteiger charge is -2.19. The van der Waals surface area contributed by atoms with Crippen LogP contribution in [0.1, 0.15) is 36.8 Å². The van der Waals surface area contributed by atoms with Crippen LogP contribution in [-0.4, -0.2) is 25.0 Å². The number of ether oxygens (including phenoxy) is 1. The predicted octanol–water partition coefficient (Wildman–Crippen LogP) is 3.71. The first-order valence-electron chi connectivity index (χ1n) is 9.64. The molecular formula is C22H24N2O3. The molecule has 2 aromatic rings. The van der Waals surface area contributed by atoms with Gasteiger partial charge in [0.15, 0.2) is 6.61 Å². The topological polar surface area (TPSA) is 58.6 Å². The van der Waals surface area contributed by atoms with Crippen molar-refractivity contribution in [1.29, 1.82) is 0 Å². The highest BCUT2D eigenvalue weighted by Gasteiger charge is 2.21. The highest BCUT2D eigenvalue weighted by Crippen LogP contribution is 2.29. The molecule has 1 N–H and O–H groups in total. The van der Waals surface area contributed by atoms with Crippen LogP contribution in [0, 0.1) is 0 Å². The molecule has 0 bridgehead atoms. The molecular weight excluding hydrogens is 340 g/mol. The van der Waals surface area contributed by atoms with Gasteiger partial charge < -0.3 is 15.0 Å². The first kappa shape index (κ1) is 17.6. The highest BCUT2D eigenvalue weighted by molar-refractivity contribution is 5.96. The van der Waals surface area contributed by atoms with Crippen molar-refractivity contribution in [3.8, 4) is 5.75 Å². The lowest BCUT2D eigenvalue weighted by atomic mass is 9.91. The van der Waals surface area contributed by atoms with Gasteiger partial charge in [-0.15, -0.1) is 0 Å². The number of nitrogens with zero attached hydrogens (tertiary/aromatic N) is 1. The first-order chi connectivity index (χ1) is 13.2. The maximum absolute atomic E-state index is 12.2. The number of rotatable bonds is 5. The smallest absolute Gasteiger partial charge is 0.262 e. The second-order valence-electron chi connectivity index (χ2n) is 7.13. The molecule has 1 heterocycles. The average Bonchev–Trinajstić information content (AvgIpc) is 3.13.